The lowest BCUT2D eigenvalue weighted by Crippen LogP contribution is -2.47. The van der Waals surface area contributed by atoms with Crippen LogP contribution in [-0.4, -0.2) is 74.3 Å². The second-order valence-electron chi connectivity index (χ2n) is 25.4. The molecule has 3 unspecified atom stereocenters. The van der Waals surface area contributed by atoms with Crippen LogP contribution in [0.25, 0.3) is 0 Å². The molecule has 9 nitrogen and oxygen atoms in total. The molecule has 85 heavy (non-hydrogen) atoms. The Morgan fingerprint density at radius 2 is 0.753 bits per heavy atom. The molecule has 0 radical (unpaired) electrons. The molecule has 0 fully saturated rings. The molecule has 2 N–H and O–H groups in total. The highest BCUT2D eigenvalue weighted by molar-refractivity contribution is 7.47. The molecule has 0 spiro atoms. The summed E-state index contributed by atoms with van der Waals surface area (Å²) in [6.07, 6.45) is 85.9. The minimum Gasteiger partial charge on any atom is -0.456 e. The number of amides is 1. The molecule has 0 bridgehead atoms. The largest absolute Gasteiger partial charge is 0.472 e. The molecule has 0 rings (SSSR count). The summed E-state index contributed by atoms with van der Waals surface area (Å²) >= 11 is 0. The van der Waals surface area contributed by atoms with Gasteiger partial charge >= 0.3 is 13.8 Å². The van der Waals surface area contributed by atoms with Crippen molar-refractivity contribution in [2.45, 2.75) is 341 Å². The highest BCUT2D eigenvalue weighted by Gasteiger charge is 2.30. The lowest BCUT2D eigenvalue weighted by atomic mass is 10.0. The number of likely N-dealkylation sites (N-methyl/N-ethyl adjacent to an activating group) is 1. The molecule has 1 amide bonds. The van der Waals surface area contributed by atoms with Gasteiger partial charge in [0.1, 0.15) is 19.3 Å². The number of rotatable bonds is 65. The summed E-state index contributed by atoms with van der Waals surface area (Å²) in [4.78, 5) is 37.9. The zero-order chi connectivity index (χ0) is 62.1. The Kier molecular flexibility index (Phi) is 62.1. The van der Waals surface area contributed by atoms with Gasteiger partial charge in [-0.05, 0) is 83.1 Å². The van der Waals surface area contributed by atoms with Gasteiger partial charge in [-0.1, -0.05) is 318 Å². The number of carbonyl (C=O) groups is 2. The third-order valence-electron chi connectivity index (χ3n) is 15.8. The Bertz CT molecular complexity index is 1730. The van der Waals surface area contributed by atoms with E-state index in [1.807, 2.05) is 33.3 Å². The SMILES string of the molecule is CC/C=C\C/C=C\C/C=C\C/C=C\C/C=C\C/C=C\CCCCCCCCC(=O)OC(/C=C/CCCCCCCCCCCCC)C(COP(=O)(O)OCC[N+](C)(C)C)NC(=O)CCCCCCCCCCCCCCCCCCCCCCC. The molecule has 0 aromatic rings. The normalized spacial score (nSPS) is 14.0. The first kappa shape index (κ1) is 82.2. The van der Waals surface area contributed by atoms with Crippen LogP contribution in [0.3, 0.4) is 0 Å². The zero-order valence-corrected chi connectivity index (χ0v) is 57.5. The summed E-state index contributed by atoms with van der Waals surface area (Å²) < 4.78 is 30.8. The van der Waals surface area contributed by atoms with E-state index in [0.29, 0.717) is 17.4 Å². The van der Waals surface area contributed by atoms with Gasteiger partial charge in [0.15, 0.2) is 0 Å². The predicted molar refractivity (Wildman–Crippen MR) is 369 cm³/mol. The average molecular weight is 1210 g/mol. The standard InChI is InChI=1S/C75H137N2O7P/c1-7-10-13-16-19-22-25-28-30-32-34-36-37-38-39-41-43-45-47-50-53-56-59-62-65-68-75(79)84-73(66-63-60-57-54-51-48-27-24-21-18-15-12-9-3)72(71-83-85(80,81)82-70-69-77(4,5)6)76-74(78)67-64-61-58-55-52-49-46-44-42-40-35-33-31-29-26-23-20-17-14-11-8-2/h10,13,19,22,28,30,34,36,38-39,43,45,63,66,72-73H,7-9,11-12,14-18,20-21,23-27,29,31-33,35,37,40-42,44,46-62,64-65,67-71H2,1-6H3,(H-,76,78,80,81)/p+1/b13-10-,22-19-,30-28-,36-34-,39-38-,45-43-,66-63+. The Labute approximate surface area is 526 Å². The van der Waals surface area contributed by atoms with Crippen LogP contribution in [0.5, 0.6) is 0 Å². The Morgan fingerprint density at radius 3 is 1.13 bits per heavy atom. The zero-order valence-electron chi connectivity index (χ0n) is 56.6. The number of hydrogen-bond acceptors (Lipinski definition) is 6. The molecule has 0 aromatic heterocycles. The van der Waals surface area contributed by atoms with Gasteiger partial charge in [-0.15, -0.1) is 0 Å². The molecule has 0 aliphatic rings. The Balaban J connectivity index is 5.14. The first-order valence-corrected chi connectivity index (χ1v) is 37.4. The maximum absolute atomic E-state index is 13.6. The van der Waals surface area contributed by atoms with E-state index in [4.69, 9.17) is 13.8 Å². The van der Waals surface area contributed by atoms with Gasteiger partial charge in [0.05, 0.1) is 33.8 Å². The van der Waals surface area contributed by atoms with E-state index in [0.717, 1.165) is 122 Å². The fraction of sp³-hybridized carbons (Fsp3) is 0.787. The van der Waals surface area contributed by atoms with Crippen molar-refractivity contribution < 1.29 is 37.3 Å². The van der Waals surface area contributed by atoms with Crippen LogP contribution in [0.15, 0.2) is 85.1 Å². The molecule has 0 saturated carbocycles. The average Bonchev–Trinajstić information content (AvgIpc) is 3.48. The smallest absolute Gasteiger partial charge is 0.456 e. The van der Waals surface area contributed by atoms with E-state index in [2.05, 4.69) is 99.0 Å². The van der Waals surface area contributed by atoms with Crippen LogP contribution in [0.2, 0.25) is 0 Å². The molecule has 0 heterocycles. The minimum atomic E-state index is -4.46. The van der Waals surface area contributed by atoms with Crippen molar-refractivity contribution in [3.8, 4) is 0 Å². The fourth-order valence-corrected chi connectivity index (χ4v) is 11.1. The number of ether oxygens (including phenoxy) is 1. The monoisotopic (exact) mass is 1210 g/mol. The van der Waals surface area contributed by atoms with Crippen molar-refractivity contribution in [3.05, 3.63) is 85.1 Å². The van der Waals surface area contributed by atoms with Crippen molar-refractivity contribution in [2.75, 3.05) is 40.9 Å². The van der Waals surface area contributed by atoms with Crippen molar-refractivity contribution in [1.82, 2.24) is 5.32 Å². The topological polar surface area (TPSA) is 111 Å². The number of nitrogens with one attached hydrogen (secondary N) is 1. The van der Waals surface area contributed by atoms with Crippen LogP contribution in [0, 0.1) is 0 Å². The number of nitrogens with zero attached hydrogens (tertiary/aromatic N) is 1. The van der Waals surface area contributed by atoms with Gasteiger partial charge in [-0.25, -0.2) is 4.57 Å². The number of carbonyl (C=O) groups excluding carboxylic acids is 2. The summed E-state index contributed by atoms with van der Waals surface area (Å²) in [5.41, 5.74) is 0. The third-order valence-corrected chi connectivity index (χ3v) is 16.8. The molecular formula is C75H138N2O7P+. The first-order valence-electron chi connectivity index (χ1n) is 35.9. The first-order chi connectivity index (χ1) is 41.4. The summed E-state index contributed by atoms with van der Waals surface area (Å²) in [6.45, 7) is 6.93. The quantitative estimate of drug-likeness (QED) is 0.0205. The summed E-state index contributed by atoms with van der Waals surface area (Å²) in [5.74, 6) is -0.511. The van der Waals surface area contributed by atoms with Gasteiger partial charge in [0.2, 0.25) is 5.91 Å². The van der Waals surface area contributed by atoms with E-state index in [1.165, 1.54) is 173 Å². The van der Waals surface area contributed by atoms with E-state index in [9.17, 15) is 19.0 Å². The maximum atomic E-state index is 13.6. The lowest BCUT2D eigenvalue weighted by Gasteiger charge is -2.27. The number of phosphoric ester groups is 1. The number of esters is 1. The molecule has 494 valence electrons. The highest BCUT2D eigenvalue weighted by Crippen LogP contribution is 2.43. The summed E-state index contributed by atoms with van der Waals surface area (Å²) in [6, 6.07) is -0.858. The number of quaternary nitrogens is 1. The molecule has 0 aliphatic carbocycles. The molecule has 0 aromatic carbocycles. The van der Waals surface area contributed by atoms with Gasteiger partial charge in [0.25, 0.3) is 0 Å². The van der Waals surface area contributed by atoms with Crippen LogP contribution in [0.4, 0.5) is 0 Å². The minimum absolute atomic E-state index is 0.0362. The number of allylic oxidation sites excluding steroid dienone is 13. The van der Waals surface area contributed by atoms with Gasteiger partial charge in [0, 0.05) is 12.8 Å². The van der Waals surface area contributed by atoms with E-state index in [1.54, 1.807) is 0 Å². The molecule has 0 saturated heterocycles. The van der Waals surface area contributed by atoms with Crippen LogP contribution in [-0.2, 0) is 27.9 Å². The molecule has 3 atom stereocenters. The number of phosphoric acid groups is 1. The highest BCUT2D eigenvalue weighted by atomic mass is 31.2. The second-order valence-corrected chi connectivity index (χ2v) is 26.8. The summed E-state index contributed by atoms with van der Waals surface area (Å²) in [5, 5.41) is 3.07. The van der Waals surface area contributed by atoms with Gasteiger partial charge in [-0.3, -0.25) is 18.6 Å². The van der Waals surface area contributed by atoms with Crippen LogP contribution >= 0.6 is 7.82 Å². The molecular weight excluding hydrogens is 1070 g/mol. The number of unbranched alkanes of at least 4 members (excludes halogenated alkanes) is 37. The van der Waals surface area contributed by atoms with Crippen molar-refractivity contribution in [3.63, 3.8) is 0 Å². The van der Waals surface area contributed by atoms with Gasteiger partial charge < -0.3 is 19.4 Å². The fourth-order valence-electron chi connectivity index (χ4n) is 10.4. The van der Waals surface area contributed by atoms with E-state index < -0.39 is 20.0 Å². The maximum Gasteiger partial charge on any atom is 0.472 e. The van der Waals surface area contributed by atoms with Crippen LogP contribution in [0.1, 0.15) is 329 Å². The van der Waals surface area contributed by atoms with Gasteiger partial charge in [-0.2, -0.15) is 0 Å². The Hall–Kier alpha value is -2.81. The second kappa shape index (κ2) is 64.2. The lowest BCUT2D eigenvalue weighted by molar-refractivity contribution is -0.870. The number of hydrogen-bond donors (Lipinski definition) is 2. The van der Waals surface area contributed by atoms with Crippen molar-refractivity contribution in [2.24, 2.45) is 0 Å². The summed E-state index contributed by atoms with van der Waals surface area (Å²) in [7, 11) is 1.49. The predicted octanol–water partition coefficient (Wildman–Crippen LogP) is 22.9. The van der Waals surface area contributed by atoms with E-state index in [-0.39, 0.29) is 31.5 Å². The molecule has 10 heteroatoms. The Morgan fingerprint density at radius 1 is 0.424 bits per heavy atom. The molecule has 0 aliphatic heterocycles. The van der Waals surface area contributed by atoms with Crippen LogP contribution < -0.4 is 5.32 Å². The third kappa shape index (κ3) is 65.5. The van der Waals surface area contributed by atoms with Crippen molar-refractivity contribution >= 4 is 19.7 Å². The van der Waals surface area contributed by atoms with E-state index >= 15 is 0 Å². The van der Waals surface area contributed by atoms with Crippen molar-refractivity contribution in [1.29, 1.82) is 0 Å².